The highest BCUT2D eigenvalue weighted by Gasteiger charge is 2.12. The average Bonchev–Trinajstić information content (AvgIpc) is 2.68. The molecule has 2 aromatic heterocycles. The van der Waals surface area contributed by atoms with Crippen molar-refractivity contribution in [2.75, 3.05) is 5.32 Å². The van der Waals surface area contributed by atoms with Gasteiger partial charge in [0, 0.05) is 6.20 Å². The van der Waals surface area contributed by atoms with Crippen LogP contribution in [0.1, 0.15) is 10.6 Å². The van der Waals surface area contributed by atoms with Gasteiger partial charge in [0.05, 0.1) is 11.9 Å². The molecule has 0 aliphatic rings. The van der Waals surface area contributed by atoms with Crippen molar-refractivity contribution in [2.24, 2.45) is 0 Å². The van der Waals surface area contributed by atoms with Gasteiger partial charge >= 0.3 is 0 Å². The summed E-state index contributed by atoms with van der Waals surface area (Å²) in [4.78, 5) is 15.1. The highest BCUT2D eigenvalue weighted by Crippen LogP contribution is 2.17. The predicted molar refractivity (Wildman–Crippen MR) is 58.6 cm³/mol. The van der Waals surface area contributed by atoms with Crippen molar-refractivity contribution in [2.45, 2.75) is 0 Å². The molecule has 2 heterocycles. The number of halogens is 2. The molecule has 2 rings (SSSR count). The molecule has 2 aromatic rings. The fourth-order valence-corrected chi connectivity index (χ4v) is 1.40. The Bertz CT molecular complexity index is 527. The molecule has 0 spiro atoms. The average molecular weight is 285 g/mol. The zero-order valence-electron chi connectivity index (χ0n) is 7.91. The van der Waals surface area contributed by atoms with Gasteiger partial charge in [0.1, 0.15) is 0 Å². The number of aromatic nitrogens is 1. The lowest BCUT2D eigenvalue weighted by molar-refractivity contribution is 0.0995. The number of hydrogen-bond acceptors (Lipinski definition) is 3. The van der Waals surface area contributed by atoms with E-state index in [0.29, 0.717) is 4.67 Å². The number of pyridine rings is 1. The summed E-state index contributed by atoms with van der Waals surface area (Å²) in [5.74, 6) is -1.01. The first kappa shape index (κ1) is 10.8. The third-order valence-corrected chi connectivity index (χ3v) is 2.24. The molecule has 0 unspecified atom stereocenters. The number of carbonyl (C=O) groups excluding carboxylic acids is 1. The van der Waals surface area contributed by atoms with E-state index >= 15 is 0 Å². The van der Waals surface area contributed by atoms with E-state index in [1.54, 1.807) is 6.07 Å². The zero-order chi connectivity index (χ0) is 11.5. The lowest BCUT2D eigenvalue weighted by Crippen LogP contribution is -2.12. The normalized spacial score (nSPS) is 10.1. The van der Waals surface area contributed by atoms with Crippen molar-refractivity contribution in [3.05, 3.63) is 46.8 Å². The molecule has 82 valence electrons. The smallest absolute Gasteiger partial charge is 0.291 e. The molecular formula is C10H6BrFN2O2. The van der Waals surface area contributed by atoms with E-state index in [2.05, 4.69) is 26.2 Å². The van der Waals surface area contributed by atoms with Crippen LogP contribution in [-0.4, -0.2) is 10.9 Å². The molecule has 0 aliphatic carbocycles. The van der Waals surface area contributed by atoms with E-state index in [4.69, 9.17) is 4.42 Å². The van der Waals surface area contributed by atoms with E-state index in [0.717, 1.165) is 6.20 Å². The molecule has 4 nitrogen and oxygen atoms in total. The quantitative estimate of drug-likeness (QED) is 0.923. The molecule has 1 amide bonds. The first-order valence-corrected chi connectivity index (χ1v) is 5.12. The van der Waals surface area contributed by atoms with Crippen molar-refractivity contribution >= 4 is 27.5 Å². The first-order chi connectivity index (χ1) is 7.66. The Morgan fingerprint density at radius 1 is 1.44 bits per heavy atom. The van der Waals surface area contributed by atoms with E-state index in [9.17, 15) is 9.18 Å². The number of hydrogen-bond donors (Lipinski definition) is 1. The Morgan fingerprint density at radius 3 is 2.88 bits per heavy atom. The Morgan fingerprint density at radius 2 is 2.25 bits per heavy atom. The first-order valence-electron chi connectivity index (χ1n) is 4.33. The van der Waals surface area contributed by atoms with Crippen molar-refractivity contribution in [1.82, 2.24) is 4.98 Å². The van der Waals surface area contributed by atoms with Gasteiger partial charge in [0.2, 0.25) is 0 Å². The van der Waals surface area contributed by atoms with E-state index in [1.165, 1.54) is 18.3 Å². The molecular weight excluding hydrogens is 279 g/mol. The Balaban J connectivity index is 2.17. The van der Waals surface area contributed by atoms with Crippen molar-refractivity contribution in [3.8, 4) is 0 Å². The molecule has 16 heavy (non-hydrogen) atoms. The maximum absolute atomic E-state index is 13.2. The molecule has 0 saturated heterocycles. The number of furan rings is 1. The van der Waals surface area contributed by atoms with Gasteiger partial charge < -0.3 is 9.73 Å². The molecule has 0 bridgehead atoms. The Kier molecular flexibility index (Phi) is 3.00. The van der Waals surface area contributed by atoms with Gasteiger partial charge in [0.25, 0.3) is 5.91 Å². The minimum Gasteiger partial charge on any atom is -0.444 e. The van der Waals surface area contributed by atoms with Gasteiger partial charge in [-0.05, 0) is 34.1 Å². The predicted octanol–water partition coefficient (Wildman–Crippen LogP) is 2.83. The Hall–Kier alpha value is -1.69. The van der Waals surface area contributed by atoms with E-state index < -0.39 is 11.7 Å². The van der Waals surface area contributed by atoms with Crippen LogP contribution in [0.4, 0.5) is 10.1 Å². The summed E-state index contributed by atoms with van der Waals surface area (Å²) in [5, 5.41) is 2.37. The lowest BCUT2D eigenvalue weighted by atomic mass is 10.3. The minimum atomic E-state index is -0.596. The SMILES string of the molecule is O=C(Nc1ccncc1F)c1ccc(Br)o1. The third kappa shape index (κ3) is 2.27. The van der Waals surface area contributed by atoms with Gasteiger partial charge in [-0.15, -0.1) is 0 Å². The summed E-state index contributed by atoms with van der Waals surface area (Å²) in [6, 6.07) is 4.43. The van der Waals surface area contributed by atoms with Gasteiger partial charge in [0.15, 0.2) is 16.2 Å². The molecule has 6 heteroatoms. The van der Waals surface area contributed by atoms with Crippen LogP contribution in [0, 0.1) is 5.82 Å². The third-order valence-electron chi connectivity index (χ3n) is 1.82. The number of nitrogens with zero attached hydrogens (tertiary/aromatic N) is 1. The fourth-order valence-electron chi connectivity index (χ4n) is 1.10. The number of carbonyl (C=O) groups is 1. The topological polar surface area (TPSA) is 55.1 Å². The summed E-state index contributed by atoms with van der Waals surface area (Å²) in [5.41, 5.74) is 0.0625. The molecule has 0 atom stereocenters. The summed E-state index contributed by atoms with van der Waals surface area (Å²) in [6.07, 6.45) is 2.41. The molecule has 0 aliphatic heterocycles. The Labute approximate surface area is 98.6 Å². The van der Waals surface area contributed by atoms with Gasteiger partial charge in [-0.2, -0.15) is 0 Å². The second kappa shape index (κ2) is 4.44. The molecule has 0 radical (unpaired) electrons. The van der Waals surface area contributed by atoms with Gasteiger partial charge in [-0.25, -0.2) is 4.39 Å². The second-order valence-corrected chi connectivity index (χ2v) is 3.69. The van der Waals surface area contributed by atoms with Gasteiger partial charge in [-0.1, -0.05) is 0 Å². The number of rotatable bonds is 2. The number of amides is 1. The van der Waals surface area contributed by atoms with Crippen LogP contribution in [0.5, 0.6) is 0 Å². The number of anilines is 1. The van der Waals surface area contributed by atoms with Crippen LogP contribution in [-0.2, 0) is 0 Å². The van der Waals surface area contributed by atoms with Crippen molar-refractivity contribution in [3.63, 3.8) is 0 Å². The van der Waals surface area contributed by atoms with E-state index in [-0.39, 0.29) is 11.4 Å². The monoisotopic (exact) mass is 284 g/mol. The number of nitrogens with one attached hydrogen (secondary N) is 1. The summed E-state index contributed by atoms with van der Waals surface area (Å²) in [7, 11) is 0. The molecule has 0 fully saturated rings. The maximum Gasteiger partial charge on any atom is 0.291 e. The fraction of sp³-hybridized carbons (Fsp3) is 0. The minimum absolute atomic E-state index is 0.0625. The second-order valence-electron chi connectivity index (χ2n) is 2.91. The summed E-state index contributed by atoms with van der Waals surface area (Å²) < 4.78 is 18.6. The van der Waals surface area contributed by atoms with Crippen molar-refractivity contribution < 1.29 is 13.6 Å². The largest absolute Gasteiger partial charge is 0.444 e. The van der Waals surface area contributed by atoms with Gasteiger partial charge in [-0.3, -0.25) is 9.78 Å². The van der Waals surface area contributed by atoms with Crippen LogP contribution in [0.15, 0.2) is 39.7 Å². The highest BCUT2D eigenvalue weighted by molar-refractivity contribution is 9.10. The molecule has 0 saturated carbocycles. The molecule has 0 aromatic carbocycles. The standard InChI is InChI=1S/C10H6BrFN2O2/c11-9-2-1-8(16-9)10(15)14-7-3-4-13-5-6(7)12/h1-5H,(H,13,14,15). The lowest BCUT2D eigenvalue weighted by Gasteiger charge is -2.02. The zero-order valence-corrected chi connectivity index (χ0v) is 9.49. The van der Waals surface area contributed by atoms with Crippen molar-refractivity contribution in [1.29, 1.82) is 0 Å². The van der Waals surface area contributed by atoms with Crippen LogP contribution in [0.25, 0.3) is 0 Å². The van der Waals surface area contributed by atoms with E-state index in [1.807, 2.05) is 0 Å². The highest BCUT2D eigenvalue weighted by atomic mass is 79.9. The van der Waals surface area contributed by atoms with Crippen LogP contribution in [0.2, 0.25) is 0 Å². The summed E-state index contributed by atoms with van der Waals surface area (Å²) in [6.45, 7) is 0. The van der Waals surface area contributed by atoms with Crippen LogP contribution < -0.4 is 5.32 Å². The molecule has 1 N–H and O–H groups in total. The maximum atomic E-state index is 13.2. The van der Waals surface area contributed by atoms with Crippen LogP contribution >= 0.6 is 15.9 Å². The van der Waals surface area contributed by atoms with Crippen LogP contribution in [0.3, 0.4) is 0 Å². The summed E-state index contributed by atoms with van der Waals surface area (Å²) >= 11 is 3.07.